The van der Waals surface area contributed by atoms with Crippen LogP contribution in [-0.2, 0) is 9.59 Å². The molecule has 1 atom stereocenters. The van der Waals surface area contributed by atoms with Crippen LogP contribution in [0.5, 0.6) is 0 Å². The smallest absolute Gasteiger partial charge is 0.241 e. The molecule has 162 valence electrons. The van der Waals surface area contributed by atoms with Gasteiger partial charge < -0.3 is 10.2 Å². The Morgan fingerprint density at radius 1 is 1.17 bits per heavy atom. The summed E-state index contributed by atoms with van der Waals surface area (Å²) in [7, 11) is 0. The Labute approximate surface area is 179 Å². The molecule has 3 rings (SSSR count). The first-order chi connectivity index (χ1) is 14.4. The average molecular weight is 412 g/mol. The Morgan fingerprint density at radius 2 is 1.80 bits per heavy atom. The number of carbonyl (C=O) groups is 2. The Balaban J connectivity index is 1.55. The number of piperazine rings is 1. The van der Waals surface area contributed by atoms with E-state index in [-0.39, 0.29) is 17.9 Å². The summed E-state index contributed by atoms with van der Waals surface area (Å²) in [6, 6.07) is 8.48. The second kappa shape index (κ2) is 10.1. The average Bonchev–Trinajstić information content (AvgIpc) is 3.51. The highest BCUT2D eigenvalue weighted by atomic mass is 16.2. The number of carbonyl (C=O) groups excluding carboxylic acids is 2. The zero-order valence-corrected chi connectivity index (χ0v) is 18.4. The minimum atomic E-state index is -0.133. The number of rotatable bonds is 8. The summed E-state index contributed by atoms with van der Waals surface area (Å²) in [5.74, 6) is 0.128. The van der Waals surface area contributed by atoms with Crippen LogP contribution in [0.1, 0.15) is 37.3 Å². The molecule has 1 aliphatic heterocycles. The molecule has 1 aromatic rings. The molecule has 30 heavy (non-hydrogen) atoms. The third-order valence-corrected chi connectivity index (χ3v) is 5.88. The van der Waals surface area contributed by atoms with E-state index in [2.05, 4.69) is 27.3 Å². The summed E-state index contributed by atoms with van der Waals surface area (Å²) in [4.78, 5) is 31.5. The molecule has 0 bridgehead atoms. The predicted molar refractivity (Wildman–Crippen MR) is 117 cm³/mol. The van der Waals surface area contributed by atoms with Gasteiger partial charge in [-0.25, -0.2) is 0 Å². The minimum absolute atomic E-state index is 0.0169. The van der Waals surface area contributed by atoms with E-state index < -0.39 is 0 Å². The van der Waals surface area contributed by atoms with Crippen molar-refractivity contribution in [3.8, 4) is 6.07 Å². The maximum Gasteiger partial charge on any atom is 0.241 e. The number of nitrogens with one attached hydrogen (secondary N) is 1. The van der Waals surface area contributed by atoms with Crippen molar-refractivity contribution in [2.24, 2.45) is 0 Å². The van der Waals surface area contributed by atoms with E-state index in [0.717, 1.165) is 55.8 Å². The SMILES string of the molecule is Cc1cc(C)cc(N(CCC#N)C(=O)CN2CCN(C(C)C(=O)NC3CC3)CC2)c1. The second-order valence-corrected chi connectivity index (χ2v) is 8.57. The molecular formula is C23H33N5O2. The van der Waals surface area contributed by atoms with Gasteiger partial charge in [0.1, 0.15) is 0 Å². The summed E-state index contributed by atoms with van der Waals surface area (Å²) in [6.45, 7) is 9.78. The van der Waals surface area contributed by atoms with E-state index in [1.165, 1.54) is 0 Å². The number of hydrogen-bond acceptors (Lipinski definition) is 5. The molecule has 1 heterocycles. The minimum Gasteiger partial charge on any atom is -0.352 e. The number of amides is 2. The summed E-state index contributed by atoms with van der Waals surface area (Å²) >= 11 is 0. The summed E-state index contributed by atoms with van der Waals surface area (Å²) in [6.07, 6.45) is 2.49. The van der Waals surface area contributed by atoms with Crippen LogP contribution in [0.4, 0.5) is 5.69 Å². The van der Waals surface area contributed by atoms with Crippen LogP contribution >= 0.6 is 0 Å². The zero-order valence-electron chi connectivity index (χ0n) is 18.4. The van der Waals surface area contributed by atoms with Gasteiger partial charge in [-0.05, 0) is 56.9 Å². The molecule has 1 N–H and O–H groups in total. The van der Waals surface area contributed by atoms with Crippen LogP contribution in [0.3, 0.4) is 0 Å². The number of anilines is 1. The molecule has 7 nitrogen and oxygen atoms in total. The molecule has 1 aromatic carbocycles. The molecule has 1 saturated carbocycles. The molecule has 0 spiro atoms. The van der Waals surface area contributed by atoms with Crippen LogP contribution in [0, 0.1) is 25.2 Å². The van der Waals surface area contributed by atoms with Crippen LogP contribution < -0.4 is 10.2 Å². The Morgan fingerprint density at radius 3 is 2.37 bits per heavy atom. The first kappa shape index (κ1) is 22.3. The molecule has 1 saturated heterocycles. The van der Waals surface area contributed by atoms with Gasteiger partial charge in [0, 0.05) is 44.5 Å². The molecule has 0 radical (unpaired) electrons. The van der Waals surface area contributed by atoms with Gasteiger partial charge in [-0.3, -0.25) is 19.4 Å². The maximum atomic E-state index is 13.1. The third kappa shape index (κ3) is 6.04. The monoisotopic (exact) mass is 411 g/mol. The largest absolute Gasteiger partial charge is 0.352 e. The van der Waals surface area contributed by atoms with Gasteiger partial charge in [0.25, 0.3) is 0 Å². The first-order valence-corrected chi connectivity index (χ1v) is 10.9. The third-order valence-electron chi connectivity index (χ3n) is 5.88. The summed E-state index contributed by atoms with van der Waals surface area (Å²) in [5, 5.41) is 12.1. The van der Waals surface area contributed by atoms with Crippen LogP contribution in [0.15, 0.2) is 18.2 Å². The van der Waals surface area contributed by atoms with Crippen molar-refractivity contribution in [2.75, 3.05) is 44.2 Å². The highest BCUT2D eigenvalue weighted by Crippen LogP contribution is 2.21. The summed E-state index contributed by atoms with van der Waals surface area (Å²) in [5.41, 5.74) is 3.07. The van der Waals surface area contributed by atoms with Crippen molar-refractivity contribution < 1.29 is 9.59 Å². The van der Waals surface area contributed by atoms with E-state index in [0.29, 0.717) is 25.6 Å². The number of aryl methyl sites for hydroxylation is 2. The number of benzene rings is 1. The maximum absolute atomic E-state index is 13.1. The molecule has 2 fully saturated rings. The molecule has 1 unspecified atom stereocenters. The fourth-order valence-electron chi connectivity index (χ4n) is 3.97. The Bertz CT molecular complexity index is 786. The highest BCUT2D eigenvalue weighted by Gasteiger charge is 2.30. The van der Waals surface area contributed by atoms with Crippen molar-refractivity contribution in [3.63, 3.8) is 0 Å². The van der Waals surface area contributed by atoms with Gasteiger partial charge in [-0.1, -0.05) is 6.07 Å². The van der Waals surface area contributed by atoms with Crippen LogP contribution in [-0.4, -0.2) is 73.0 Å². The van der Waals surface area contributed by atoms with Gasteiger partial charge in [0.15, 0.2) is 0 Å². The van der Waals surface area contributed by atoms with Gasteiger partial charge in [0.05, 0.1) is 25.1 Å². The summed E-state index contributed by atoms with van der Waals surface area (Å²) < 4.78 is 0. The van der Waals surface area contributed by atoms with Crippen molar-refractivity contribution in [2.45, 2.75) is 52.1 Å². The van der Waals surface area contributed by atoms with Gasteiger partial charge in [-0.2, -0.15) is 5.26 Å². The lowest BCUT2D eigenvalue weighted by molar-refractivity contribution is -0.127. The van der Waals surface area contributed by atoms with E-state index >= 15 is 0 Å². The zero-order chi connectivity index (χ0) is 21.7. The molecule has 1 aliphatic carbocycles. The fourth-order valence-corrected chi connectivity index (χ4v) is 3.97. The lowest BCUT2D eigenvalue weighted by Gasteiger charge is -2.37. The second-order valence-electron chi connectivity index (χ2n) is 8.57. The Kier molecular flexibility index (Phi) is 7.46. The van der Waals surface area contributed by atoms with E-state index in [4.69, 9.17) is 5.26 Å². The van der Waals surface area contributed by atoms with E-state index in [9.17, 15) is 9.59 Å². The number of hydrogen-bond donors (Lipinski definition) is 1. The molecule has 2 amide bonds. The molecular weight excluding hydrogens is 378 g/mol. The van der Waals surface area contributed by atoms with Crippen molar-refractivity contribution in [3.05, 3.63) is 29.3 Å². The molecule has 7 heteroatoms. The van der Waals surface area contributed by atoms with Crippen molar-refractivity contribution in [1.29, 1.82) is 5.26 Å². The normalized spacial score (nSPS) is 18.5. The number of nitriles is 1. The topological polar surface area (TPSA) is 79.7 Å². The lowest BCUT2D eigenvalue weighted by atomic mass is 10.1. The van der Waals surface area contributed by atoms with Crippen LogP contribution in [0.2, 0.25) is 0 Å². The quantitative estimate of drug-likeness (QED) is 0.706. The molecule has 0 aromatic heterocycles. The predicted octanol–water partition coefficient (Wildman–Crippen LogP) is 1.83. The highest BCUT2D eigenvalue weighted by molar-refractivity contribution is 5.95. The Hall–Kier alpha value is -2.43. The van der Waals surface area contributed by atoms with E-state index in [1.54, 1.807) is 4.90 Å². The van der Waals surface area contributed by atoms with Crippen LogP contribution in [0.25, 0.3) is 0 Å². The van der Waals surface area contributed by atoms with Crippen molar-refractivity contribution >= 4 is 17.5 Å². The molecule has 2 aliphatic rings. The van der Waals surface area contributed by atoms with E-state index in [1.807, 2.05) is 32.9 Å². The van der Waals surface area contributed by atoms with Gasteiger partial charge in [-0.15, -0.1) is 0 Å². The number of nitrogens with zero attached hydrogens (tertiary/aromatic N) is 4. The van der Waals surface area contributed by atoms with Crippen molar-refractivity contribution in [1.82, 2.24) is 15.1 Å². The fraction of sp³-hybridized carbons (Fsp3) is 0.609. The standard InChI is InChI=1S/C23H33N5O2/c1-17-13-18(2)15-21(14-17)28(8-4-7-24)22(29)16-26-9-11-27(12-10-26)19(3)23(30)25-20-5-6-20/h13-15,19-20H,4-6,8-12,16H2,1-3H3,(H,25,30). The van der Waals surface area contributed by atoms with Gasteiger partial charge in [0.2, 0.25) is 11.8 Å². The first-order valence-electron chi connectivity index (χ1n) is 10.9. The van der Waals surface area contributed by atoms with Gasteiger partial charge >= 0.3 is 0 Å². The lowest BCUT2D eigenvalue weighted by Crippen LogP contribution is -2.55.